The summed E-state index contributed by atoms with van der Waals surface area (Å²) in [7, 11) is 0. The van der Waals surface area contributed by atoms with Crippen molar-refractivity contribution in [1.29, 1.82) is 0 Å². The average Bonchev–Trinajstić information content (AvgIpc) is 2.58. The van der Waals surface area contributed by atoms with E-state index in [1.165, 1.54) is 6.20 Å². The second-order valence-corrected chi connectivity index (χ2v) is 4.12. The Morgan fingerprint density at radius 3 is 2.78 bits per heavy atom. The van der Waals surface area contributed by atoms with Crippen LogP contribution in [0.25, 0.3) is 0 Å². The van der Waals surface area contributed by atoms with E-state index in [-0.39, 0.29) is 6.61 Å². The van der Waals surface area contributed by atoms with Gasteiger partial charge in [-0.1, -0.05) is 0 Å². The van der Waals surface area contributed by atoms with E-state index < -0.39 is 35.8 Å². The van der Waals surface area contributed by atoms with Crippen LogP contribution in [0.2, 0.25) is 0 Å². The van der Waals surface area contributed by atoms with Gasteiger partial charge in [-0.3, -0.25) is 14.3 Å². The fourth-order valence-electron chi connectivity index (χ4n) is 1.80. The molecule has 2 heterocycles. The zero-order valence-corrected chi connectivity index (χ0v) is 9.99. The second-order valence-electron chi connectivity index (χ2n) is 3.86. The van der Waals surface area contributed by atoms with Gasteiger partial charge in [0.15, 0.2) is 6.23 Å². The van der Waals surface area contributed by atoms with E-state index in [1.54, 1.807) is 0 Å². The van der Waals surface area contributed by atoms with E-state index in [0.29, 0.717) is 0 Å². The highest BCUT2D eigenvalue weighted by molar-refractivity contribution is 7.75. The molecule has 1 aliphatic heterocycles. The highest BCUT2D eigenvalue weighted by Gasteiger charge is 2.44. The Morgan fingerprint density at radius 1 is 1.44 bits per heavy atom. The van der Waals surface area contributed by atoms with Gasteiger partial charge in [0, 0.05) is 12.3 Å². The van der Waals surface area contributed by atoms with Gasteiger partial charge in [-0.25, -0.2) is 4.79 Å². The number of aromatic nitrogens is 2. The minimum Gasteiger partial charge on any atom is -0.387 e. The first kappa shape index (κ1) is 13.3. The molecule has 3 N–H and O–H groups in total. The van der Waals surface area contributed by atoms with Crippen LogP contribution in [-0.4, -0.2) is 44.7 Å². The molecule has 1 aliphatic rings. The number of rotatable bonds is 3. The molecule has 1 fully saturated rings. The molecular formula is C9H12N2O6S. The second kappa shape index (κ2) is 5.24. The van der Waals surface area contributed by atoms with Crippen molar-refractivity contribution in [3.63, 3.8) is 0 Å². The number of hydrogen-bond donors (Lipinski definition) is 4. The normalized spacial score (nSPS) is 31.7. The molecule has 4 atom stereocenters. The van der Waals surface area contributed by atoms with Gasteiger partial charge in [-0.2, -0.15) is 0 Å². The summed E-state index contributed by atoms with van der Waals surface area (Å²) in [4.78, 5) is 24.5. The molecule has 1 aromatic rings. The van der Waals surface area contributed by atoms with Gasteiger partial charge in [0.1, 0.15) is 18.3 Å². The van der Waals surface area contributed by atoms with Crippen LogP contribution in [0.15, 0.2) is 21.9 Å². The van der Waals surface area contributed by atoms with Crippen LogP contribution in [0, 0.1) is 0 Å². The van der Waals surface area contributed by atoms with Crippen LogP contribution in [-0.2, 0) is 8.92 Å². The number of aliphatic hydroxyl groups excluding tert-OH is 2. The Kier molecular flexibility index (Phi) is 3.88. The van der Waals surface area contributed by atoms with Crippen molar-refractivity contribution in [1.82, 2.24) is 9.55 Å². The number of ether oxygens (including phenoxy) is 1. The maximum Gasteiger partial charge on any atom is 0.330 e. The van der Waals surface area contributed by atoms with Crippen LogP contribution in [0.5, 0.6) is 0 Å². The van der Waals surface area contributed by atoms with Crippen LogP contribution in [0.1, 0.15) is 6.23 Å². The van der Waals surface area contributed by atoms with Gasteiger partial charge >= 0.3 is 5.69 Å². The lowest BCUT2D eigenvalue weighted by Gasteiger charge is -2.16. The molecule has 0 radical (unpaired) electrons. The van der Waals surface area contributed by atoms with Gasteiger partial charge in [0.2, 0.25) is 0 Å². The predicted molar refractivity (Wildman–Crippen MR) is 62.2 cm³/mol. The Hall–Kier alpha value is -1.13. The fraction of sp³-hybridized carbons (Fsp3) is 0.556. The van der Waals surface area contributed by atoms with Gasteiger partial charge in [0.05, 0.1) is 6.61 Å². The van der Waals surface area contributed by atoms with Gasteiger partial charge in [-0.05, 0) is 12.9 Å². The molecule has 0 saturated carbocycles. The van der Waals surface area contributed by atoms with E-state index in [2.05, 4.69) is 17.1 Å². The van der Waals surface area contributed by atoms with Crippen molar-refractivity contribution in [2.24, 2.45) is 0 Å². The molecule has 9 heteroatoms. The van der Waals surface area contributed by atoms with Crippen molar-refractivity contribution in [3.8, 4) is 0 Å². The third-order valence-corrected chi connectivity index (χ3v) is 2.85. The summed E-state index contributed by atoms with van der Waals surface area (Å²) in [5, 5.41) is 19.5. The Balaban J connectivity index is 2.29. The Morgan fingerprint density at radius 2 is 2.17 bits per heavy atom. The number of aliphatic hydroxyl groups is 2. The minimum atomic E-state index is -1.30. The lowest BCUT2D eigenvalue weighted by Crippen LogP contribution is -2.37. The van der Waals surface area contributed by atoms with Gasteiger partial charge in [0.25, 0.3) is 5.56 Å². The third kappa shape index (κ3) is 2.35. The Labute approximate surface area is 106 Å². The quantitative estimate of drug-likeness (QED) is 0.376. The first-order valence-electron chi connectivity index (χ1n) is 5.14. The molecule has 1 saturated heterocycles. The van der Waals surface area contributed by atoms with Crippen LogP contribution in [0.3, 0.4) is 0 Å². The van der Waals surface area contributed by atoms with E-state index in [1.807, 2.05) is 4.98 Å². The minimum absolute atomic E-state index is 0.0457. The molecule has 8 nitrogen and oxygen atoms in total. The smallest absolute Gasteiger partial charge is 0.330 e. The number of thiol groups is 1. The summed E-state index contributed by atoms with van der Waals surface area (Å²) in [6.45, 7) is -0.0457. The molecule has 100 valence electrons. The van der Waals surface area contributed by atoms with Crippen LogP contribution < -0.4 is 11.2 Å². The maximum absolute atomic E-state index is 11.5. The van der Waals surface area contributed by atoms with Crippen molar-refractivity contribution in [2.45, 2.75) is 24.5 Å². The average molecular weight is 276 g/mol. The number of H-pyrrole nitrogens is 1. The molecular weight excluding hydrogens is 264 g/mol. The number of hydrogen-bond acceptors (Lipinski definition) is 7. The number of nitrogens with zero attached hydrogens (tertiary/aromatic N) is 1. The first-order valence-corrected chi connectivity index (χ1v) is 5.50. The van der Waals surface area contributed by atoms with Crippen LogP contribution >= 0.6 is 12.9 Å². The topological polar surface area (TPSA) is 114 Å². The first-order chi connectivity index (χ1) is 8.54. The summed E-state index contributed by atoms with van der Waals surface area (Å²) >= 11 is 3.53. The number of nitrogens with one attached hydrogen (secondary N) is 1. The van der Waals surface area contributed by atoms with Crippen LogP contribution in [0.4, 0.5) is 0 Å². The number of aromatic amines is 1. The van der Waals surface area contributed by atoms with Gasteiger partial charge < -0.3 is 19.1 Å². The van der Waals surface area contributed by atoms with Crippen molar-refractivity contribution in [3.05, 3.63) is 33.1 Å². The molecule has 0 aromatic carbocycles. The molecule has 0 spiro atoms. The highest BCUT2D eigenvalue weighted by Crippen LogP contribution is 2.28. The Bertz CT molecular complexity index is 528. The van der Waals surface area contributed by atoms with E-state index >= 15 is 0 Å². The molecule has 0 bridgehead atoms. The molecule has 0 amide bonds. The van der Waals surface area contributed by atoms with Gasteiger partial charge in [-0.15, -0.1) is 0 Å². The molecule has 18 heavy (non-hydrogen) atoms. The predicted octanol–water partition coefficient (Wildman–Crippen LogP) is -1.98. The van der Waals surface area contributed by atoms with Crippen molar-refractivity contribution < 1.29 is 19.1 Å². The summed E-state index contributed by atoms with van der Waals surface area (Å²) in [6, 6.07) is 1.12. The zero-order chi connectivity index (χ0) is 13.3. The van der Waals surface area contributed by atoms with Crippen molar-refractivity contribution in [2.75, 3.05) is 6.61 Å². The van der Waals surface area contributed by atoms with Crippen molar-refractivity contribution >= 4 is 12.9 Å². The lowest BCUT2D eigenvalue weighted by atomic mass is 10.1. The summed E-state index contributed by atoms with van der Waals surface area (Å²) in [5.74, 6) is 0. The monoisotopic (exact) mass is 276 g/mol. The fourth-order valence-corrected chi connectivity index (χ4v) is 1.94. The molecule has 1 aromatic heterocycles. The summed E-state index contributed by atoms with van der Waals surface area (Å²) in [5.41, 5.74) is -1.29. The zero-order valence-electron chi connectivity index (χ0n) is 9.09. The highest BCUT2D eigenvalue weighted by atomic mass is 32.1. The largest absolute Gasteiger partial charge is 0.387 e. The standard InChI is InChI=1S/C9H12N2O6S/c12-5-1-2-11(9(15)10-5)8-7(14)6(13)4(17-8)3-16-18/h1-2,4,6-8,13-14,18H,3H2,(H,10,12,15)/t4-,6-,7-,8-/m1/s1. The molecule has 0 unspecified atom stereocenters. The summed E-state index contributed by atoms with van der Waals surface area (Å²) < 4.78 is 10.8. The SMILES string of the molecule is O=c1ccn([C@@H]2O[C@H](COS)[C@@H](O)[C@H]2O)c(=O)[nH]1. The van der Waals surface area contributed by atoms with E-state index in [4.69, 9.17) is 4.74 Å². The lowest BCUT2D eigenvalue weighted by molar-refractivity contribution is -0.0494. The van der Waals surface area contributed by atoms with E-state index in [0.717, 1.165) is 10.6 Å². The summed E-state index contributed by atoms with van der Waals surface area (Å²) in [6.07, 6.45) is -3.21. The maximum atomic E-state index is 11.5. The molecule has 0 aliphatic carbocycles. The van der Waals surface area contributed by atoms with E-state index in [9.17, 15) is 19.8 Å². The molecule has 2 rings (SSSR count). The third-order valence-electron chi connectivity index (χ3n) is 2.70.